The van der Waals surface area contributed by atoms with Gasteiger partial charge >= 0.3 is 0 Å². The summed E-state index contributed by atoms with van der Waals surface area (Å²) < 4.78 is 5.12. The summed E-state index contributed by atoms with van der Waals surface area (Å²) >= 11 is 0. The summed E-state index contributed by atoms with van der Waals surface area (Å²) in [5.74, 6) is 0. The molecular formula is C12H27NO. The first-order valence-electron chi connectivity index (χ1n) is 6.20. The van der Waals surface area contributed by atoms with Gasteiger partial charge in [0.25, 0.3) is 0 Å². The molecule has 1 aliphatic rings. The van der Waals surface area contributed by atoms with Crippen LogP contribution in [0.5, 0.6) is 0 Å². The van der Waals surface area contributed by atoms with E-state index in [-0.39, 0.29) is 0 Å². The molecule has 2 heteroatoms. The Hall–Kier alpha value is -0.0800. The molecule has 1 rings (SSSR count). The van der Waals surface area contributed by atoms with Crippen LogP contribution in [-0.2, 0) is 4.74 Å². The molecule has 0 aliphatic carbocycles. The van der Waals surface area contributed by atoms with Crippen LogP contribution in [-0.4, -0.2) is 25.3 Å². The van der Waals surface area contributed by atoms with E-state index in [1.165, 1.54) is 25.7 Å². The average Bonchev–Trinajstić information content (AvgIpc) is 2.19. The molecule has 0 saturated carbocycles. The molecular weight excluding hydrogens is 174 g/mol. The Labute approximate surface area is 89.4 Å². The molecule has 1 atom stereocenters. The number of nitrogens with one attached hydrogen (secondary N) is 1. The highest BCUT2D eigenvalue weighted by Crippen LogP contribution is 2.08. The second kappa shape index (κ2) is 9.47. The van der Waals surface area contributed by atoms with E-state index in [9.17, 15) is 0 Å². The van der Waals surface area contributed by atoms with Crippen LogP contribution in [0.15, 0.2) is 0 Å². The quantitative estimate of drug-likeness (QED) is 0.713. The number of ether oxygens (including phenoxy) is 1. The third kappa shape index (κ3) is 5.61. The van der Waals surface area contributed by atoms with Gasteiger partial charge in [-0.05, 0) is 12.8 Å². The molecule has 2 nitrogen and oxygen atoms in total. The van der Waals surface area contributed by atoms with Gasteiger partial charge in [0, 0.05) is 6.04 Å². The highest BCUT2D eigenvalue weighted by Gasteiger charge is 2.20. The van der Waals surface area contributed by atoms with Crippen molar-refractivity contribution in [3.63, 3.8) is 0 Å². The van der Waals surface area contributed by atoms with E-state index in [1.54, 1.807) is 0 Å². The van der Waals surface area contributed by atoms with Crippen LogP contribution in [0.25, 0.3) is 0 Å². The zero-order valence-corrected chi connectivity index (χ0v) is 10.3. The van der Waals surface area contributed by atoms with Gasteiger partial charge < -0.3 is 10.1 Å². The topological polar surface area (TPSA) is 21.3 Å². The van der Waals surface area contributed by atoms with Crippen molar-refractivity contribution >= 4 is 0 Å². The lowest BCUT2D eigenvalue weighted by Gasteiger charge is -2.31. The maximum absolute atomic E-state index is 5.12. The highest BCUT2D eigenvalue weighted by molar-refractivity contribution is 4.77. The van der Waals surface area contributed by atoms with Crippen molar-refractivity contribution in [3.8, 4) is 0 Å². The van der Waals surface area contributed by atoms with Crippen LogP contribution < -0.4 is 5.32 Å². The van der Waals surface area contributed by atoms with Crippen molar-refractivity contribution in [3.05, 3.63) is 0 Å². The van der Waals surface area contributed by atoms with Crippen molar-refractivity contribution < 1.29 is 4.74 Å². The maximum atomic E-state index is 5.12. The van der Waals surface area contributed by atoms with Gasteiger partial charge in [-0.25, -0.2) is 0 Å². The lowest BCUT2D eigenvalue weighted by molar-refractivity contribution is -0.0107. The minimum absolute atomic E-state index is 0.645. The summed E-state index contributed by atoms with van der Waals surface area (Å²) in [5.41, 5.74) is 0. The third-order valence-electron chi connectivity index (χ3n) is 2.51. The predicted molar refractivity (Wildman–Crippen MR) is 62.7 cm³/mol. The van der Waals surface area contributed by atoms with Gasteiger partial charge in [-0.2, -0.15) is 0 Å². The van der Waals surface area contributed by atoms with Gasteiger partial charge in [0.15, 0.2) is 0 Å². The van der Waals surface area contributed by atoms with Gasteiger partial charge in [-0.15, -0.1) is 0 Å². The summed E-state index contributed by atoms with van der Waals surface area (Å²) in [4.78, 5) is 0. The first kappa shape index (κ1) is 13.9. The summed E-state index contributed by atoms with van der Waals surface area (Å²) in [5, 5.41) is 3.61. The molecule has 0 radical (unpaired) electrons. The van der Waals surface area contributed by atoms with E-state index >= 15 is 0 Å². The van der Waals surface area contributed by atoms with Gasteiger partial charge in [-0.3, -0.25) is 0 Å². The third-order valence-corrected chi connectivity index (χ3v) is 2.51. The zero-order chi connectivity index (χ0) is 10.8. The summed E-state index contributed by atoms with van der Waals surface area (Å²) in [6.07, 6.45) is 5.22. The molecule has 1 unspecified atom stereocenters. The molecule has 0 aromatic rings. The fourth-order valence-electron chi connectivity index (χ4n) is 1.52. The second-order valence-electron chi connectivity index (χ2n) is 3.65. The monoisotopic (exact) mass is 201 g/mol. The summed E-state index contributed by atoms with van der Waals surface area (Å²) in [7, 11) is 0. The van der Waals surface area contributed by atoms with Crippen LogP contribution in [0.4, 0.5) is 0 Å². The van der Waals surface area contributed by atoms with E-state index < -0.39 is 0 Å². The highest BCUT2D eigenvalue weighted by atomic mass is 16.5. The first-order valence-corrected chi connectivity index (χ1v) is 6.20. The minimum atomic E-state index is 0.645. The maximum Gasteiger partial charge on any atom is 0.0643 e. The number of hydrogen-bond donors (Lipinski definition) is 1. The number of unbranched alkanes of at least 4 members (excludes halogenated alkanes) is 1. The lowest BCUT2D eigenvalue weighted by atomic mass is 10.1. The van der Waals surface area contributed by atoms with E-state index in [0.717, 1.165) is 19.3 Å². The largest absolute Gasteiger partial charge is 0.378 e. The van der Waals surface area contributed by atoms with Crippen LogP contribution in [0.2, 0.25) is 0 Å². The predicted octanol–water partition coefficient (Wildman–Crippen LogP) is 2.97. The standard InChI is InChI=1S/C10H21NO.C2H6/c1-3-5-6-9(4-2)11-10-7-12-8-10;1-2/h9-11H,3-8H2,1-2H3;1-2H3. The Bertz CT molecular complexity index is 113. The number of hydrogen-bond acceptors (Lipinski definition) is 2. The molecule has 1 saturated heterocycles. The molecule has 1 N–H and O–H groups in total. The fourth-order valence-corrected chi connectivity index (χ4v) is 1.52. The molecule has 0 spiro atoms. The molecule has 0 bridgehead atoms. The average molecular weight is 201 g/mol. The van der Waals surface area contributed by atoms with Crippen molar-refractivity contribution in [2.45, 2.75) is 65.5 Å². The van der Waals surface area contributed by atoms with E-state index in [2.05, 4.69) is 19.2 Å². The van der Waals surface area contributed by atoms with Crippen LogP contribution in [0.1, 0.15) is 53.4 Å². The van der Waals surface area contributed by atoms with Gasteiger partial charge in [0.1, 0.15) is 0 Å². The van der Waals surface area contributed by atoms with E-state index in [4.69, 9.17) is 4.74 Å². The molecule has 1 fully saturated rings. The Morgan fingerprint density at radius 1 is 1.29 bits per heavy atom. The Balaban J connectivity index is 0.000000791. The second-order valence-corrected chi connectivity index (χ2v) is 3.65. The summed E-state index contributed by atoms with van der Waals surface area (Å²) in [6, 6.07) is 1.37. The zero-order valence-electron chi connectivity index (χ0n) is 10.3. The van der Waals surface area contributed by atoms with Gasteiger partial charge in [-0.1, -0.05) is 40.5 Å². The van der Waals surface area contributed by atoms with Gasteiger partial charge in [0.05, 0.1) is 19.3 Å². The molecule has 14 heavy (non-hydrogen) atoms. The lowest BCUT2D eigenvalue weighted by Crippen LogP contribution is -2.50. The van der Waals surface area contributed by atoms with Crippen molar-refractivity contribution in [2.24, 2.45) is 0 Å². The van der Waals surface area contributed by atoms with Crippen LogP contribution >= 0.6 is 0 Å². The van der Waals surface area contributed by atoms with Crippen molar-refractivity contribution in [2.75, 3.05) is 13.2 Å². The van der Waals surface area contributed by atoms with Crippen LogP contribution in [0, 0.1) is 0 Å². The Morgan fingerprint density at radius 3 is 2.29 bits per heavy atom. The Kier molecular flexibility index (Phi) is 9.42. The van der Waals surface area contributed by atoms with E-state index in [0.29, 0.717) is 6.04 Å². The number of rotatable bonds is 6. The normalized spacial score (nSPS) is 18.0. The molecule has 1 heterocycles. The molecule has 1 aliphatic heterocycles. The summed E-state index contributed by atoms with van der Waals surface area (Å²) in [6.45, 7) is 10.3. The SMILES string of the molecule is CC.CCCCC(CC)NC1COC1. The van der Waals surface area contributed by atoms with Gasteiger partial charge in [0.2, 0.25) is 0 Å². The van der Waals surface area contributed by atoms with E-state index in [1.807, 2.05) is 13.8 Å². The minimum Gasteiger partial charge on any atom is -0.378 e. The molecule has 0 aromatic heterocycles. The molecule has 0 amide bonds. The smallest absolute Gasteiger partial charge is 0.0643 e. The fraction of sp³-hybridized carbons (Fsp3) is 1.00. The Morgan fingerprint density at radius 2 is 1.93 bits per heavy atom. The van der Waals surface area contributed by atoms with Crippen LogP contribution in [0.3, 0.4) is 0 Å². The van der Waals surface area contributed by atoms with Crippen molar-refractivity contribution in [1.29, 1.82) is 0 Å². The molecule has 0 aromatic carbocycles. The molecule has 86 valence electrons. The van der Waals surface area contributed by atoms with Crippen molar-refractivity contribution in [1.82, 2.24) is 5.32 Å². The first-order chi connectivity index (χ1) is 6.86.